The van der Waals surface area contributed by atoms with Gasteiger partial charge >= 0.3 is 0 Å². The minimum atomic E-state index is -3.39. The normalized spacial score (nSPS) is 11.4. The molecule has 16 heavy (non-hydrogen) atoms. The SMILES string of the molecule is CNCCS(=O)(=O)Nc1cc(Cl)ccc1Cl. The molecule has 0 heterocycles. The maximum Gasteiger partial charge on any atom is 0.234 e. The van der Waals surface area contributed by atoms with Crippen molar-refractivity contribution in [2.45, 2.75) is 0 Å². The first kappa shape index (κ1) is 13.6. The maximum absolute atomic E-state index is 11.6. The van der Waals surface area contributed by atoms with Gasteiger partial charge in [0.05, 0.1) is 16.5 Å². The van der Waals surface area contributed by atoms with E-state index in [2.05, 4.69) is 10.0 Å². The highest BCUT2D eigenvalue weighted by molar-refractivity contribution is 7.92. The summed E-state index contributed by atoms with van der Waals surface area (Å²) in [4.78, 5) is 0. The van der Waals surface area contributed by atoms with Crippen molar-refractivity contribution in [3.8, 4) is 0 Å². The van der Waals surface area contributed by atoms with E-state index < -0.39 is 10.0 Å². The minimum Gasteiger partial charge on any atom is -0.319 e. The number of hydrogen-bond acceptors (Lipinski definition) is 3. The van der Waals surface area contributed by atoms with Crippen molar-refractivity contribution in [3.05, 3.63) is 28.2 Å². The second-order valence-corrected chi connectivity index (χ2v) is 5.83. The van der Waals surface area contributed by atoms with E-state index in [1.54, 1.807) is 19.2 Å². The lowest BCUT2D eigenvalue weighted by Crippen LogP contribution is -2.24. The predicted octanol–water partition coefficient (Wildman–Crippen LogP) is 1.95. The van der Waals surface area contributed by atoms with Crippen LogP contribution in [0.3, 0.4) is 0 Å². The third-order valence-corrected chi connectivity index (χ3v) is 3.65. The molecule has 0 unspecified atom stereocenters. The largest absolute Gasteiger partial charge is 0.319 e. The summed E-state index contributed by atoms with van der Waals surface area (Å²) >= 11 is 11.6. The topological polar surface area (TPSA) is 58.2 Å². The van der Waals surface area contributed by atoms with E-state index in [9.17, 15) is 8.42 Å². The molecule has 7 heteroatoms. The summed E-state index contributed by atoms with van der Waals surface area (Å²) in [6.45, 7) is 0.369. The molecular formula is C9H12Cl2N2O2S. The fourth-order valence-corrected chi connectivity index (χ4v) is 2.50. The molecule has 0 saturated carbocycles. The Kier molecular flexibility index (Phi) is 4.86. The van der Waals surface area contributed by atoms with Gasteiger partial charge in [-0.05, 0) is 25.2 Å². The zero-order chi connectivity index (χ0) is 12.2. The van der Waals surface area contributed by atoms with Crippen molar-refractivity contribution in [1.82, 2.24) is 5.32 Å². The van der Waals surface area contributed by atoms with E-state index in [0.29, 0.717) is 22.3 Å². The van der Waals surface area contributed by atoms with Crippen LogP contribution in [0.4, 0.5) is 5.69 Å². The highest BCUT2D eigenvalue weighted by Crippen LogP contribution is 2.26. The molecule has 0 aromatic heterocycles. The summed E-state index contributed by atoms with van der Waals surface area (Å²) in [6, 6.07) is 4.61. The van der Waals surface area contributed by atoms with Crippen molar-refractivity contribution < 1.29 is 8.42 Å². The molecular weight excluding hydrogens is 271 g/mol. The quantitative estimate of drug-likeness (QED) is 0.868. The number of anilines is 1. The summed E-state index contributed by atoms with van der Waals surface area (Å²) in [6.07, 6.45) is 0. The first-order chi connectivity index (χ1) is 7.44. The van der Waals surface area contributed by atoms with Crippen LogP contribution in [0.15, 0.2) is 18.2 Å². The van der Waals surface area contributed by atoms with E-state index in [1.165, 1.54) is 6.07 Å². The Morgan fingerprint density at radius 1 is 1.31 bits per heavy atom. The number of nitrogens with one attached hydrogen (secondary N) is 2. The van der Waals surface area contributed by atoms with E-state index >= 15 is 0 Å². The van der Waals surface area contributed by atoms with Gasteiger partial charge in [0.25, 0.3) is 0 Å². The van der Waals surface area contributed by atoms with Crippen LogP contribution in [0.1, 0.15) is 0 Å². The van der Waals surface area contributed by atoms with E-state index in [1.807, 2.05) is 0 Å². The molecule has 0 aliphatic carbocycles. The number of rotatable bonds is 5. The molecule has 0 radical (unpaired) electrons. The Labute approximate surface area is 105 Å². The highest BCUT2D eigenvalue weighted by atomic mass is 35.5. The van der Waals surface area contributed by atoms with Crippen molar-refractivity contribution in [1.29, 1.82) is 0 Å². The van der Waals surface area contributed by atoms with Gasteiger partial charge in [0, 0.05) is 11.6 Å². The molecule has 0 bridgehead atoms. The van der Waals surface area contributed by atoms with E-state index in [4.69, 9.17) is 23.2 Å². The summed E-state index contributed by atoms with van der Waals surface area (Å²) in [5.41, 5.74) is 0.297. The number of halogens is 2. The molecule has 1 rings (SSSR count). The van der Waals surface area contributed by atoms with Crippen molar-refractivity contribution >= 4 is 38.9 Å². The number of benzene rings is 1. The molecule has 0 atom stereocenters. The monoisotopic (exact) mass is 282 g/mol. The van der Waals surface area contributed by atoms with Crippen LogP contribution in [0, 0.1) is 0 Å². The zero-order valence-electron chi connectivity index (χ0n) is 8.63. The lowest BCUT2D eigenvalue weighted by molar-refractivity contribution is 0.599. The van der Waals surface area contributed by atoms with Crippen LogP contribution in [-0.4, -0.2) is 27.8 Å². The second kappa shape index (κ2) is 5.72. The molecule has 4 nitrogen and oxygen atoms in total. The average molecular weight is 283 g/mol. The van der Waals surface area contributed by atoms with Crippen LogP contribution in [-0.2, 0) is 10.0 Å². The summed E-state index contributed by atoms with van der Waals surface area (Å²) in [5, 5.41) is 3.50. The Hall–Kier alpha value is -0.490. The van der Waals surface area contributed by atoms with Crippen molar-refractivity contribution in [2.24, 2.45) is 0 Å². The molecule has 1 aromatic carbocycles. The highest BCUT2D eigenvalue weighted by Gasteiger charge is 2.11. The van der Waals surface area contributed by atoms with Crippen LogP contribution in [0.2, 0.25) is 10.0 Å². The minimum absolute atomic E-state index is 0.0215. The van der Waals surface area contributed by atoms with Crippen LogP contribution < -0.4 is 10.0 Å². The Bertz CT molecular complexity index is 463. The first-order valence-electron chi connectivity index (χ1n) is 4.55. The van der Waals surface area contributed by atoms with E-state index in [-0.39, 0.29) is 5.75 Å². The molecule has 90 valence electrons. The maximum atomic E-state index is 11.6. The fourth-order valence-electron chi connectivity index (χ4n) is 1.03. The molecule has 0 aliphatic rings. The lowest BCUT2D eigenvalue weighted by Gasteiger charge is -2.09. The van der Waals surface area contributed by atoms with Gasteiger partial charge in [0.2, 0.25) is 10.0 Å². The van der Waals surface area contributed by atoms with Crippen LogP contribution >= 0.6 is 23.2 Å². The van der Waals surface area contributed by atoms with Gasteiger partial charge in [-0.3, -0.25) is 4.72 Å². The first-order valence-corrected chi connectivity index (χ1v) is 6.95. The van der Waals surface area contributed by atoms with Gasteiger partial charge in [0.1, 0.15) is 0 Å². The van der Waals surface area contributed by atoms with Crippen molar-refractivity contribution in [3.63, 3.8) is 0 Å². The summed E-state index contributed by atoms with van der Waals surface area (Å²) in [7, 11) is -1.71. The molecule has 0 amide bonds. The van der Waals surface area contributed by atoms with E-state index in [0.717, 1.165) is 0 Å². The van der Waals surface area contributed by atoms with Crippen LogP contribution in [0.5, 0.6) is 0 Å². The molecule has 0 aliphatic heterocycles. The van der Waals surface area contributed by atoms with Gasteiger partial charge in [-0.2, -0.15) is 0 Å². The number of hydrogen-bond donors (Lipinski definition) is 2. The molecule has 0 spiro atoms. The third kappa shape index (κ3) is 4.17. The molecule has 2 N–H and O–H groups in total. The fraction of sp³-hybridized carbons (Fsp3) is 0.333. The number of sulfonamides is 1. The van der Waals surface area contributed by atoms with Crippen LogP contribution in [0.25, 0.3) is 0 Å². The molecule has 1 aromatic rings. The average Bonchev–Trinajstić information content (AvgIpc) is 2.20. The van der Waals surface area contributed by atoms with Gasteiger partial charge in [0.15, 0.2) is 0 Å². The van der Waals surface area contributed by atoms with Gasteiger partial charge < -0.3 is 5.32 Å². The Morgan fingerprint density at radius 3 is 2.62 bits per heavy atom. The molecule has 0 saturated heterocycles. The predicted molar refractivity (Wildman–Crippen MR) is 67.8 cm³/mol. The van der Waals surface area contributed by atoms with Crippen molar-refractivity contribution in [2.75, 3.05) is 24.1 Å². The Balaban J connectivity index is 2.83. The Morgan fingerprint density at radius 2 is 2.00 bits per heavy atom. The second-order valence-electron chi connectivity index (χ2n) is 3.15. The lowest BCUT2D eigenvalue weighted by atomic mass is 10.3. The van der Waals surface area contributed by atoms with Gasteiger partial charge in [-0.25, -0.2) is 8.42 Å². The summed E-state index contributed by atoms with van der Waals surface area (Å²) < 4.78 is 25.5. The summed E-state index contributed by atoms with van der Waals surface area (Å²) in [5.74, 6) is -0.0215. The smallest absolute Gasteiger partial charge is 0.234 e. The zero-order valence-corrected chi connectivity index (χ0v) is 11.0. The van der Waals surface area contributed by atoms with Gasteiger partial charge in [-0.1, -0.05) is 23.2 Å². The standard InChI is InChI=1S/C9H12Cl2N2O2S/c1-12-4-5-16(14,15)13-9-6-7(10)2-3-8(9)11/h2-3,6,12-13H,4-5H2,1H3. The third-order valence-electron chi connectivity index (χ3n) is 1.81. The van der Waals surface area contributed by atoms with Gasteiger partial charge in [-0.15, -0.1) is 0 Å². The molecule has 0 fully saturated rings.